The highest BCUT2D eigenvalue weighted by Gasteiger charge is 2.64. The Morgan fingerprint density at radius 1 is 0.571 bits per heavy atom. The van der Waals surface area contributed by atoms with Crippen LogP contribution in [0, 0.1) is 27.6 Å². The summed E-state index contributed by atoms with van der Waals surface area (Å²) in [7, 11) is 0. The van der Waals surface area contributed by atoms with Crippen molar-refractivity contribution in [3.63, 3.8) is 0 Å². The second kappa shape index (κ2) is 6.39. The minimum Gasteiger partial charge on any atom is -0.0853 e. The van der Waals surface area contributed by atoms with Crippen LogP contribution in [0.25, 0.3) is 0 Å². The van der Waals surface area contributed by atoms with Gasteiger partial charge in [0.2, 0.25) is 0 Å². The van der Waals surface area contributed by atoms with Gasteiger partial charge in [-0.05, 0) is 105 Å². The van der Waals surface area contributed by atoms with Gasteiger partial charge in [0.05, 0.1) is 0 Å². The highest BCUT2D eigenvalue weighted by Crippen LogP contribution is 2.72. The Kier molecular flexibility index (Phi) is 5.22. The number of rotatable bonds is 0. The summed E-state index contributed by atoms with van der Waals surface area (Å²) in [6.07, 6.45) is 17.5. The topological polar surface area (TPSA) is 0 Å². The first-order valence-electron chi connectivity index (χ1n) is 11.2. The maximum Gasteiger partial charge on any atom is 0.0281 e. The molecule has 0 heterocycles. The van der Waals surface area contributed by atoms with Gasteiger partial charge >= 0.3 is 0 Å². The van der Waals surface area contributed by atoms with E-state index in [-0.39, 0.29) is 7.43 Å². The number of halogens is 3. The molecule has 8 fully saturated rings. The van der Waals surface area contributed by atoms with Crippen LogP contribution in [0.5, 0.6) is 0 Å². The van der Waals surface area contributed by atoms with Crippen LogP contribution in [0.4, 0.5) is 0 Å². The Hall–Kier alpha value is 1.69. The average Bonchev–Trinajstić information content (AvgIpc) is 2.23. The Bertz CT molecular complexity index is 525. The van der Waals surface area contributed by atoms with E-state index in [4.69, 9.17) is 0 Å². The zero-order chi connectivity index (χ0) is 19.6. The number of alkyl halides is 3. The van der Waals surface area contributed by atoms with Gasteiger partial charge in [0.15, 0.2) is 0 Å². The van der Waals surface area contributed by atoms with Crippen molar-refractivity contribution in [3.8, 4) is 0 Å². The minimum absolute atomic E-state index is 0. The normalized spacial score (nSPS) is 62.9. The molecule has 0 aromatic rings. The first-order valence-corrected chi connectivity index (χ1v) is 13.9. The van der Waals surface area contributed by atoms with Gasteiger partial charge in [-0.25, -0.2) is 0 Å². The van der Waals surface area contributed by atoms with Crippen LogP contribution in [-0.4, -0.2) is 12.1 Å². The first-order chi connectivity index (χ1) is 12.1. The van der Waals surface area contributed by atoms with Crippen molar-refractivity contribution in [2.45, 2.75) is 124 Å². The summed E-state index contributed by atoms with van der Waals surface area (Å²) in [5.41, 5.74) is 2.62. The summed E-state index contributed by atoms with van der Waals surface area (Å²) in [6, 6.07) is 0. The molecule has 0 aliphatic heterocycles. The summed E-state index contributed by atoms with van der Waals surface area (Å²) in [4.78, 5) is 0. The van der Waals surface area contributed by atoms with Crippen molar-refractivity contribution in [2.24, 2.45) is 27.6 Å². The van der Waals surface area contributed by atoms with Crippen LogP contribution in [0.15, 0.2) is 0 Å². The molecule has 0 amide bonds. The lowest BCUT2D eigenvalue weighted by atomic mass is 9.45. The van der Waals surface area contributed by atoms with Crippen molar-refractivity contribution in [3.05, 3.63) is 0 Å². The number of hydrogen-bond acceptors (Lipinski definition) is 0. The van der Waals surface area contributed by atoms with Gasteiger partial charge in [-0.3, -0.25) is 0 Å². The van der Waals surface area contributed by atoms with Gasteiger partial charge in [0.1, 0.15) is 0 Å². The lowest BCUT2D eigenvalue weighted by Crippen LogP contribution is -2.61. The van der Waals surface area contributed by atoms with E-state index >= 15 is 0 Å². The van der Waals surface area contributed by atoms with Gasteiger partial charge in [-0.1, -0.05) is 89.6 Å². The molecule has 0 N–H and O–H groups in total. The van der Waals surface area contributed by atoms with Gasteiger partial charge in [0.25, 0.3) is 0 Å². The van der Waals surface area contributed by atoms with Gasteiger partial charge in [-0.15, -0.1) is 0 Å². The fourth-order valence-electron chi connectivity index (χ4n) is 10.7. The van der Waals surface area contributed by atoms with Gasteiger partial charge < -0.3 is 0 Å². The molecule has 4 atom stereocenters. The molecule has 8 saturated carbocycles. The maximum absolute atomic E-state index is 4.06. The molecule has 0 nitrogen and oxygen atoms in total. The van der Waals surface area contributed by atoms with Gasteiger partial charge in [-0.2, -0.15) is 0 Å². The van der Waals surface area contributed by atoms with Crippen molar-refractivity contribution >= 4 is 54.5 Å². The lowest BCUT2D eigenvalue weighted by molar-refractivity contribution is -0.0755. The fraction of sp³-hybridized carbons (Fsp3) is 1.00. The smallest absolute Gasteiger partial charge is 0.0281 e. The quantitative estimate of drug-likeness (QED) is 0.185. The van der Waals surface area contributed by atoms with Gasteiger partial charge in [0, 0.05) is 12.1 Å². The summed E-state index contributed by atoms with van der Waals surface area (Å²) in [5, 5.41) is 0. The molecule has 0 spiro atoms. The van der Waals surface area contributed by atoms with Crippen LogP contribution in [0.3, 0.4) is 0 Å². The summed E-state index contributed by atoms with van der Waals surface area (Å²) in [6.45, 7) is 10.1. The standard InChI is InChI=1S/C12H18BrI.C12H19Br.CH4/c1-9-3-10(2)5-11(13,4-9)8-12(14,6-9)7-10;1-10-3-9-4-11(2,6-10)8-12(13,5-9)7-10;/h3-8H2,1-2H3;9H,3-8H2,1-2H3;1H4. The van der Waals surface area contributed by atoms with Crippen molar-refractivity contribution < 1.29 is 0 Å². The molecular weight excluding hydrogens is 587 g/mol. The fourth-order valence-corrected chi connectivity index (χ4v) is 17.5. The molecule has 28 heavy (non-hydrogen) atoms. The molecule has 0 aromatic carbocycles. The highest BCUT2D eigenvalue weighted by molar-refractivity contribution is 14.1. The molecule has 162 valence electrons. The van der Waals surface area contributed by atoms with Crippen LogP contribution in [0.2, 0.25) is 0 Å². The molecular formula is C25H41Br2I. The van der Waals surface area contributed by atoms with E-state index in [0.29, 0.717) is 33.7 Å². The van der Waals surface area contributed by atoms with Crippen molar-refractivity contribution in [1.82, 2.24) is 0 Å². The molecule has 8 bridgehead atoms. The van der Waals surface area contributed by atoms with E-state index in [1.54, 1.807) is 0 Å². The molecule has 8 rings (SSSR count). The van der Waals surface area contributed by atoms with E-state index in [1.807, 2.05) is 0 Å². The molecule has 0 saturated heterocycles. The van der Waals surface area contributed by atoms with Crippen LogP contribution in [0.1, 0.15) is 112 Å². The predicted molar refractivity (Wildman–Crippen MR) is 138 cm³/mol. The molecule has 0 aromatic heterocycles. The van der Waals surface area contributed by atoms with E-state index < -0.39 is 0 Å². The average molecular weight is 628 g/mol. The largest absolute Gasteiger partial charge is 0.0853 e. The summed E-state index contributed by atoms with van der Waals surface area (Å²) < 4.78 is 1.64. The lowest BCUT2D eigenvalue weighted by Gasteiger charge is -2.66. The van der Waals surface area contributed by atoms with E-state index in [9.17, 15) is 0 Å². The van der Waals surface area contributed by atoms with Crippen LogP contribution < -0.4 is 0 Å². The summed E-state index contributed by atoms with van der Waals surface area (Å²) >= 11 is 10.9. The molecule has 3 heteroatoms. The third kappa shape index (κ3) is 3.95. The molecule has 0 radical (unpaired) electrons. The summed E-state index contributed by atoms with van der Waals surface area (Å²) in [5.74, 6) is 1.03. The predicted octanol–water partition coefficient (Wildman–Crippen LogP) is 9.45. The SMILES string of the molecule is C.CC12CC3(C)CC(Br)(C1)CC(I)(C2)C3.CC12CC3CC(C)(C1)CC(Br)(C3)C2. The van der Waals surface area contributed by atoms with E-state index in [0.717, 1.165) is 5.92 Å². The monoisotopic (exact) mass is 626 g/mol. The second-order valence-electron chi connectivity index (χ2n) is 13.8. The Morgan fingerprint density at radius 2 is 1.00 bits per heavy atom. The highest BCUT2D eigenvalue weighted by atomic mass is 127. The van der Waals surface area contributed by atoms with E-state index in [2.05, 4.69) is 82.1 Å². The third-order valence-electron chi connectivity index (χ3n) is 9.02. The Labute approximate surface area is 204 Å². The maximum atomic E-state index is 4.06. The third-order valence-corrected chi connectivity index (χ3v) is 11.9. The molecule has 8 aliphatic carbocycles. The number of hydrogen-bond donors (Lipinski definition) is 0. The van der Waals surface area contributed by atoms with Crippen molar-refractivity contribution in [1.29, 1.82) is 0 Å². The Balaban J connectivity index is 0.000000133. The molecule has 8 aliphatic rings. The second-order valence-corrected chi connectivity index (χ2v) is 19.4. The Morgan fingerprint density at radius 3 is 1.36 bits per heavy atom. The van der Waals surface area contributed by atoms with Crippen LogP contribution in [-0.2, 0) is 0 Å². The van der Waals surface area contributed by atoms with Crippen LogP contribution >= 0.6 is 54.5 Å². The zero-order valence-electron chi connectivity index (χ0n) is 17.7. The molecule has 4 unspecified atom stereocenters. The minimum atomic E-state index is 0. The van der Waals surface area contributed by atoms with E-state index in [1.165, 1.54) is 77.0 Å². The first kappa shape index (κ1) is 22.9. The zero-order valence-corrected chi connectivity index (χ0v) is 23.0. The van der Waals surface area contributed by atoms with Crippen molar-refractivity contribution in [2.75, 3.05) is 0 Å².